The molecule has 0 bridgehead atoms. The molecule has 8 heteroatoms. The second-order valence-corrected chi connectivity index (χ2v) is 8.15. The first-order chi connectivity index (χ1) is 11.9. The van der Waals surface area contributed by atoms with E-state index in [0.29, 0.717) is 19.6 Å². The highest BCUT2D eigenvalue weighted by atomic mass is 32.2. The van der Waals surface area contributed by atoms with Crippen LogP contribution in [0.2, 0.25) is 0 Å². The molecule has 0 aliphatic carbocycles. The van der Waals surface area contributed by atoms with Crippen LogP contribution in [0, 0.1) is 6.92 Å². The number of carbonyl (C=O) groups excluding carboxylic acids is 1. The molecule has 2 aromatic rings. The molecule has 0 unspecified atom stereocenters. The van der Waals surface area contributed by atoms with Crippen LogP contribution >= 0.6 is 0 Å². The predicted molar refractivity (Wildman–Crippen MR) is 93.2 cm³/mol. The van der Waals surface area contributed by atoms with E-state index in [4.69, 9.17) is 0 Å². The summed E-state index contributed by atoms with van der Waals surface area (Å²) in [6.07, 6.45) is 4.55. The highest BCUT2D eigenvalue weighted by Gasteiger charge is 2.29. The maximum absolute atomic E-state index is 12.4. The largest absolute Gasteiger partial charge is 0.350 e. The summed E-state index contributed by atoms with van der Waals surface area (Å²) in [4.78, 5) is 16.0. The Morgan fingerprint density at radius 3 is 2.76 bits per heavy atom. The van der Waals surface area contributed by atoms with E-state index in [9.17, 15) is 13.2 Å². The van der Waals surface area contributed by atoms with E-state index < -0.39 is 10.0 Å². The van der Waals surface area contributed by atoms with Crippen molar-refractivity contribution >= 4 is 15.9 Å². The fraction of sp³-hybridized carbons (Fsp3) is 0.412. The van der Waals surface area contributed by atoms with Crippen LogP contribution in [0.3, 0.4) is 0 Å². The average Bonchev–Trinajstić information content (AvgIpc) is 3.25. The molecular formula is C17H22N4O3S. The predicted octanol–water partition coefficient (Wildman–Crippen LogP) is 1.29. The maximum Gasteiger partial charge on any atom is 0.262 e. The van der Waals surface area contributed by atoms with Crippen molar-refractivity contribution in [1.29, 1.82) is 0 Å². The number of rotatable bonds is 6. The molecule has 0 radical (unpaired) electrons. The number of sulfonamides is 1. The minimum absolute atomic E-state index is 0.000819. The first kappa shape index (κ1) is 17.6. The van der Waals surface area contributed by atoms with E-state index >= 15 is 0 Å². The molecular weight excluding hydrogens is 340 g/mol. The molecule has 1 saturated heterocycles. The molecule has 1 aliphatic rings. The third-order valence-corrected chi connectivity index (χ3v) is 5.96. The lowest BCUT2D eigenvalue weighted by Gasteiger charge is -2.12. The zero-order valence-electron chi connectivity index (χ0n) is 14.2. The van der Waals surface area contributed by atoms with Crippen LogP contribution in [-0.2, 0) is 27.9 Å². The van der Waals surface area contributed by atoms with Crippen LogP contribution < -0.4 is 5.32 Å². The fourth-order valence-corrected chi connectivity index (χ4v) is 4.32. The molecule has 1 aliphatic heterocycles. The smallest absolute Gasteiger partial charge is 0.262 e. The van der Waals surface area contributed by atoms with Crippen molar-refractivity contribution < 1.29 is 13.2 Å². The molecule has 1 N–H and O–H groups in total. The van der Waals surface area contributed by atoms with Gasteiger partial charge in [0.05, 0.1) is 6.33 Å². The van der Waals surface area contributed by atoms with E-state index in [2.05, 4.69) is 10.3 Å². The Balaban J connectivity index is 1.58. The van der Waals surface area contributed by atoms with Gasteiger partial charge in [-0.1, -0.05) is 29.8 Å². The summed E-state index contributed by atoms with van der Waals surface area (Å²) in [5, 5.41) is 2.83. The van der Waals surface area contributed by atoms with Gasteiger partial charge in [0.2, 0.25) is 5.91 Å². The van der Waals surface area contributed by atoms with Gasteiger partial charge in [-0.25, -0.2) is 13.4 Å². The highest BCUT2D eigenvalue weighted by molar-refractivity contribution is 7.89. The molecule has 0 atom stereocenters. The minimum atomic E-state index is -3.54. The normalized spacial score (nSPS) is 15.4. The van der Waals surface area contributed by atoms with Gasteiger partial charge in [-0.2, -0.15) is 4.31 Å². The van der Waals surface area contributed by atoms with Crippen molar-refractivity contribution in [3.63, 3.8) is 0 Å². The van der Waals surface area contributed by atoms with E-state index in [1.54, 1.807) is 0 Å². The Morgan fingerprint density at radius 1 is 1.28 bits per heavy atom. The van der Waals surface area contributed by atoms with Crippen molar-refractivity contribution in [2.24, 2.45) is 0 Å². The summed E-state index contributed by atoms with van der Waals surface area (Å²) < 4.78 is 27.8. The Morgan fingerprint density at radius 2 is 2.04 bits per heavy atom. The summed E-state index contributed by atoms with van der Waals surface area (Å²) in [6.45, 7) is 3.54. The van der Waals surface area contributed by atoms with Crippen LogP contribution in [0.15, 0.2) is 41.8 Å². The summed E-state index contributed by atoms with van der Waals surface area (Å²) in [5.74, 6) is -0.191. The number of aromatic nitrogens is 2. The molecule has 1 aromatic carbocycles. The second kappa shape index (κ2) is 7.37. The van der Waals surface area contributed by atoms with Crippen molar-refractivity contribution in [1.82, 2.24) is 19.2 Å². The summed E-state index contributed by atoms with van der Waals surface area (Å²) in [5.41, 5.74) is 2.16. The van der Waals surface area contributed by atoms with Gasteiger partial charge in [-0.15, -0.1) is 0 Å². The average molecular weight is 362 g/mol. The van der Waals surface area contributed by atoms with E-state index in [1.165, 1.54) is 21.4 Å². The van der Waals surface area contributed by atoms with Crippen LogP contribution in [0.4, 0.5) is 0 Å². The maximum atomic E-state index is 12.4. The van der Waals surface area contributed by atoms with Gasteiger partial charge in [0.25, 0.3) is 10.0 Å². The molecule has 25 heavy (non-hydrogen) atoms. The molecule has 7 nitrogen and oxygen atoms in total. The molecule has 0 spiro atoms. The van der Waals surface area contributed by atoms with E-state index in [1.807, 2.05) is 31.2 Å². The third kappa shape index (κ3) is 4.26. The van der Waals surface area contributed by atoms with Gasteiger partial charge in [0.1, 0.15) is 6.54 Å². The standard InChI is InChI=1S/C17H22N4O3S/c1-14-5-4-6-15(9-14)10-18-16(22)11-20-12-17(19-13-20)25(23,24)21-7-2-3-8-21/h4-6,9,12-13H,2-3,7-8,10-11H2,1H3,(H,18,22). The monoisotopic (exact) mass is 362 g/mol. The second-order valence-electron chi connectivity index (χ2n) is 6.26. The van der Waals surface area contributed by atoms with Gasteiger partial charge >= 0.3 is 0 Å². The molecule has 2 heterocycles. The summed E-state index contributed by atoms with van der Waals surface area (Å²) in [6, 6.07) is 7.91. The number of hydrogen-bond acceptors (Lipinski definition) is 4. The minimum Gasteiger partial charge on any atom is -0.350 e. The van der Waals surface area contributed by atoms with Gasteiger partial charge < -0.3 is 9.88 Å². The number of amides is 1. The SMILES string of the molecule is Cc1cccc(CNC(=O)Cn2cnc(S(=O)(=O)N3CCCC3)c2)c1. The lowest BCUT2D eigenvalue weighted by atomic mass is 10.1. The summed E-state index contributed by atoms with van der Waals surface area (Å²) >= 11 is 0. The number of aryl methyl sites for hydroxylation is 1. The van der Waals surface area contributed by atoms with Crippen molar-refractivity contribution in [2.45, 2.75) is 37.9 Å². The fourth-order valence-electron chi connectivity index (χ4n) is 2.86. The molecule has 3 rings (SSSR count). The summed E-state index contributed by atoms with van der Waals surface area (Å²) in [7, 11) is -3.54. The molecule has 134 valence electrons. The molecule has 1 fully saturated rings. The zero-order chi connectivity index (χ0) is 17.9. The number of hydrogen-bond donors (Lipinski definition) is 1. The Labute approximate surface area is 147 Å². The Hall–Kier alpha value is -2.19. The lowest BCUT2D eigenvalue weighted by molar-refractivity contribution is -0.121. The van der Waals surface area contributed by atoms with E-state index in [-0.39, 0.29) is 17.5 Å². The first-order valence-corrected chi connectivity index (χ1v) is 9.73. The Kier molecular flexibility index (Phi) is 5.19. The molecule has 1 amide bonds. The number of carbonyl (C=O) groups is 1. The van der Waals surface area contributed by atoms with E-state index in [0.717, 1.165) is 24.0 Å². The van der Waals surface area contributed by atoms with Crippen LogP contribution in [0.5, 0.6) is 0 Å². The van der Waals surface area contributed by atoms with Gasteiger partial charge in [0.15, 0.2) is 5.03 Å². The third-order valence-electron chi connectivity index (χ3n) is 4.18. The number of imidazole rings is 1. The van der Waals surface area contributed by atoms with Crippen LogP contribution in [0.1, 0.15) is 24.0 Å². The van der Waals surface area contributed by atoms with Gasteiger partial charge in [-0.3, -0.25) is 4.79 Å². The van der Waals surface area contributed by atoms with Gasteiger partial charge in [0, 0.05) is 25.8 Å². The topological polar surface area (TPSA) is 84.3 Å². The molecule has 1 aromatic heterocycles. The number of benzene rings is 1. The van der Waals surface area contributed by atoms with Crippen molar-refractivity contribution in [3.8, 4) is 0 Å². The van der Waals surface area contributed by atoms with Crippen molar-refractivity contribution in [3.05, 3.63) is 47.9 Å². The lowest BCUT2D eigenvalue weighted by Crippen LogP contribution is -2.28. The number of nitrogens with zero attached hydrogens (tertiary/aromatic N) is 3. The number of nitrogens with one attached hydrogen (secondary N) is 1. The Bertz CT molecular complexity index is 854. The highest BCUT2D eigenvalue weighted by Crippen LogP contribution is 2.19. The molecule has 0 saturated carbocycles. The van der Waals surface area contributed by atoms with Crippen LogP contribution in [0.25, 0.3) is 0 Å². The quantitative estimate of drug-likeness (QED) is 0.839. The first-order valence-electron chi connectivity index (χ1n) is 8.29. The van der Waals surface area contributed by atoms with Crippen molar-refractivity contribution in [2.75, 3.05) is 13.1 Å². The van der Waals surface area contributed by atoms with Gasteiger partial charge in [-0.05, 0) is 25.3 Å². The zero-order valence-corrected chi connectivity index (χ0v) is 15.0. The van der Waals surface area contributed by atoms with Crippen LogP contribution in [-0.4, -0.2) is 41.3 Å².